The number of hydrogen-bond donors (Lipinski definition) is 0. The molecule has 0 aliphatic heterocycles. The van der Waals surface area contributed by atoms with E-state index in [2.05, 4.69) is 193 Å². The third-order valence-electron chi connectivity index (χ3n) is 11.6. The van der Waals surface area contributed by atoms with Gasteiger partial charge in [0.25, 0.3) is 0 Å². The molecule has 1 aliphatic carbocycles. The Morgan fingerprint density at radius 3 is 1.78 bits per heavy atom. The molecule has 272 valence electrons. The quantitative estimate of drug-likeness (QED) is 0.159. The molecular weight excluding hydrogens is 703 g/mol. The molecule has 0 amide bonds. The van der Waals surface area contributed by atoms with E-state index in [-0.39, 0.29) is 0 Å². The minimum Gasteiger partial charge on any atom is -0.263 e. The largest absolute Gasteiger partial charge is 0.263 e. The highest BCUT2D eigenvalue weighted by Crippen LogP contribution is 2.38. The molecule has 0 saturated heterocycles. The number of rotatable bonds is 6. The Balaban J connectivity index is 1.02. The Morgan fingerprint density at radius 2 is 1.00 bits per heavy atom. The highest BCUT2D eigenvalue weighted by molar-refractivity contribution is 6.13. The number of fused-ring (bicyclic) bond motifs is 5. The Hall–Kier alpha value is -7.49. The maximum absolute atomic E-state index is 5.28. The van der Waals surface area contributed by atoms with Crippen LogP contribution in [0, 0.1) is 0 Å². The molecule has 0 radical (unpaired) electrons. The average Bonchev–Trinajstić information content (AvgIpc) is 3.31. The minimum absolute atomic E-state index is 0.696. The first-order valence-corrected chi connectivity index (χ1v) is 20.0. The van der Waals surface area contributed by atoms with Crippen LogP contribution >= 0.6 is 0 Å². The molecule has 58 heavy (non-hydrogen) atoms. The fraction of sp³-hybridized carbons (Fsp3) is 0.0364. The lowest BCUT2D eigenvalue weighted by atomic mass is 9.89. The summed E-state index contributed by atoms with van der Waals surface area (Å²) in [6, 6.07) is 63.1. The number of aromatic nitrogens is 3. The second-order valence-corrected chi connectivity index (χ2v) is 15.1. The van der Waals surface area contributed by atoms with E-state index >= 15 is 0 Å². The molecule has 0 saturated carbocycles. The first-order valence-electron chi connectivity index (χ1n) is 20.0. The van der Waals surface area contributed by atoms with Gasteiger partial charge in [0.1, 0.15) is 0 Å². The minimum atomic E-state index is 0.696. The summed E-state index contributed by atoms with van der Waals surface area (Å²) in [7, 11) is 0. The van der Waals surface area contributed by atoms with Gasteiger partial charge in [0.15, 0.2) is 5.82 Å². The smallest absolute Gasteiger partial charge is 0.160 e. The zero-order chi connectivity index (χ0) is 38.4. The molecule has 2 heterocycles. The van der Waals surface area contributed by atoms with E-state index in [1.165, 1.54) is 54.7 Å². The van der Waals surface area contributed by atoms with Crippen LogP contribution in [-0.2, 0) is 6.42 Å². The first kappa shape index (κ1) is 33.8. The molecular formula is C55H37N3. The van der Waals surface area contributed by atoms with Crippen LogP contribution in [0.3, 0.4) is 0 Å². The lowest BCUT2D eigenvalue weighted by Gasteiger charge is -2.16. The van der Waals surface area contributed by atoms with E-state index in [9.17, 15) is 0 Å². The zero-order valence-electron chi connectivity index (χ0n) is 31.8. The number of allylic oxidation sites excluding steroid dienone is 1. The predicted molar refractivity (Wildman–Crippen MR) is 242 cm³/mol. The number of pyridine rings is 1. The van der Waals surface area contributed by atoms with Gasteiger partial charge in [-0.1, -0.05) is 170 Å². The van der Waals surface area contributed by atoms with Gasteiger partial charge in [0, 0.05) is 40.0 Å². The van der Waals surface area contributed by atoms with E-state index in [4.69, 9.17) is 9.97 Å². The maximum atomic E-state index is 5.28. The Labute approximate surface area is 337 Å². The van der Waals surface area contributed by atoms with Crippen LogP contribution in [0.2, 0.25) is 0 Å². The van der Waals surface area contributed by atoms with E-state index in [1.807, 2.05) is 12.4 Å². The van der Waals surface area contributed by atoms with Gasteiger partial charge in [-0.25, -0.2) is 9.97 Å². The first-order chi connectivity index (χ1) is 28.7. The van der Waals surface area contributed by atoms with E-state index in [0.717, 1.165) is 63.0 Å². The maximum Gasteiger partial charge on any atom is 0.160 e. The Kier molecular flexibility index (Phi) is 8.29. The summed E-state index contributed by atoms with van der Waals surface area (Å²) in [4.78, 5) is 15.1. The molecule has 0 bridgehead atoms. The molecule has 3 heteroatoms. The van der Waals surface area contributed by atoms with Crippen molar-refractivity contribution in [2.24, 2.45) is 0 Å². The van der Waals surface area contributed by atoms with Crippen LogP contribution in [-0.4, -0.2) is 15.0 Å². The van der Waals surface area contributed by atoms with Gasteiger partial charge in [-0.2, -0.15) is 0 Å². The van der Waals surface area contributed by atoms with Gasteiger partial charge in [-0.05, 0) is 96.9 Å². The van der Waals surface area contributed by atoms with Crippen molar-refractivity contribution in [2.45, 2.75) is 12.8 Å². The zero-order valence-corrected chi connectivity index (χ0v) is 31.8. The van der Waals surface area contributed by atoms with Crippen molar-refractivity contribution in [3.63, 3.8) is 0 Å². The van der Waals surface area contributed by atoms with Crippen LogP contribution in [0.5, 0.6) is 0 Å². The van der Waals surface area contributed by atoms with Gasteiger partial charge in [0.05, 0.1) is 11.4 Å². The monoisotopic (exact) mass is 739 g/mol. The molecule has 1 aliphatic rings. The van der Waals surface area contributed by atoms with Crippen molar-refractivity contribution in [3.05, 3.63) is 206 Å². The summed E-state index contributed by atoms with van der Waals surface area (Å²) < 4.78 is 0. The van der Waals surface area contributed by atoms with Crippen LogP contribution in [0.25, 0.3) is 106 Å². The lowest BCUT2D eigenvalue weighted by Crippen LogP contribution is -1.98. The topological polar surface area (TPSA) is 38.7 Å². The predicted octanol–water partition coefficient (Wildman–Crippen LogP) is 14.3. The third kappa shape index (κ3) is 6.05. The van der Waals surface area contributed by atoms with Crippen LogP contribution < -0.4 is 0 Å². The average molecular weight is 740 g/mol. The summed E-state index contributed by atoms with van der Waals surface area (Å²) in [6.45, 7) is 0. The van der Waals surface area contributed by atoms with Crippen molar-refractivity contribution in [1.82, 2.24) is 15.0 Å². The van der Waals surface area contributed by atoms with Crippen molar-refractivity contribution in [2.75, 3.05) is 0 Å². The fourth-order valence-corrected chi connectivity index (χ4v) is 8.70. The van der Waals surface area contributed by atoms with Crippen molar-refractivity contribution in [3.8, 4) is 67.3 Å². The second kappa shape index (κ2) is 14.2. The van der Waals surface area contributed by atoms with E-state index in [0.29, 0.717) is 5.82 Å². The van der Waals surface area contributed by atoms with Crippen LogP contribution in [0.4, 0.5) is 0 Å². The lowest BCUT2D eigenvalue weighted by molar-refractivity contribution is 0.986. The van der Waals surface area contributed by atoms with Crippen LogP contribution in [0.1, 0.15) is 17.5 Å². The van der Waals surface area contributed by atoms with E-state index < -0.39 is 0 Å². The third-order valence-corrected chi connectivity index (χ3v) is 11.6. The Bertz CT molecular complexity index is 3210. The summed E-state index contributed by atoms with van der Waals surface area (Å²) in [5.41, 5.74) is 14.5. The standard InChI is InChI=1S/C55H37N3/c1-4-17-45-36(11-1)14-10-22-46(45)41-15-9-16-43(31-41)55-57-53(33-54(58-55)40-29-25-38(26-30-40)52-35-56-34-44-13-3-6-19-48(44)52)39-27-23-37(24-28-39)51-32-42-12-2-5-18-47(42)49-20-7-8-21-50(49)51/h2-10,12-35H,1,11H2. The number of aryl methyl sites for hydroxylation is 1. The van der Waals surface area contributed by atoms with Gasteiger partial charge in [-0.15, -0.1) is 0 Å². The molecule has 0 unspecified atom stereocenters. The number of hydrogen-bond acceptors (Lipinski definition) is 3. The molecule has 2 aromatic heterocycles. The fourth-order valence-electron chi connectivity index (χ4n) is 8.70. The molecule has 0 atom stereocenters. The van der Waals surface area contributed by atoms with Gasteiger partial charge >= 0.3 is 0 Å². The van der Waals surface area contributed by atoms with Gasteiger partial charge < -0.3 is 0 Å². The Morgan fingerprint density at radius 1 is 0.379 bits per heavy atom. The molecule has 0 spiro atoms. The molecule has 3 nitrogen and oxygen atoms in total. The summed E-state index contributed by atoms with van der Waals surface area (Å²) in [5, 5.41) is 7.34. The summed E-state index contributed by atoms with van der Waals surface area (Å²) >= 11 is 0. The van der Waals surface area contributed by atoms with Crippen LogP contribution in [0.15, 0.2) is 194 Å². The molecule has 0 fully saturated rings. The number of benzene rings is 8. The SMILES string of the molecule is C1=Cc2c(cccc2-c2cccc(-c3nc(-c4ccc(-c5cncc6ccccc56)cc4)cc(-c4ccc(-c5cc6ccccc6c6ccccc56)cc4)n3)c2)CC1. The molecule has 11 rings (SSSR count). The summed E-state index contributed by atoms with van der Waals surface area (Å²) in [6.07, 6.45) is 10.6. The van der Waals surface area contributed by atoms with Gasteiger partial charge in [-0.3, -0.25) is 4.98 Å². The normalized spacial score (nSPS) is 12.3. The molecule has 8 aromatic carbocycles. The van der Waals surface area contributed by atoms with Crippen molar-refractivity contribution < 1.29 is 0 Å². The van der Waals surface area contributed by atoms with E-state index in [1.54, 1.807) is 0 Å². The van der Waals surface area contributed by atoms with Gasteiger partial charge in [0.2, 0.25) is 0 Å². The van der Waals surface area contributed by atoms with Crippen molar-refractivity contribution >= 4 is 38.4 Å². The summed E-state index contributed by atoms with van der Waals surface area (Å²) in [5.74, 6) is 0.696. The molecule has 10 aromatic rings. The number of nitrogens with zero attached hydrogens (tertiary/aromatic N) is 3. The highest BCUT2D eigenvalue weighted by Gasteiger charge is 2.16. The molecule has 0 N–H and O–H groups in total. The second-order valence-electron chi connectivity index (χ2n) is 15.1. The highest BCUT2D eigenvalue weighted by atomic mass is 14.9. The van der Waals surface area contributed by atoms with Crippen molar-refractivity contribution in [1.29, 1.82) is 0 Å².